The van der Waals surface area contributed by atoms with E-state index in [-0.39, 0.29) is 6.85 Å². The Labute approximate surface area is 374 Å². The van der Waals surface area contributed by atoms with E-state index in [2.05, 4.69) is 223 Å². The predicted octanol–water partition coefficient (Wildman–Crippen LogP) is 15.5. The molecule has 12 aromatic rings. The zero-order chi connectivity index (χ0) is 42.0. The van der Waals surface area contributed by atoms with Gasteiger partial charge in [-0.25, -0.2) is 0 Å². The zero-order valence-electron chi connectivity index (χ0n) is 34.9. The molecule has 0 amide bonds. The second-order valence-electron chi connectivity index (χ2n) is 17.2. The lowest BCUT2D eigenvalue weighted by Crippen LogP contribution is -2.61. The number of furan rings is 1. The molecule has 0 atom stereocenters. The number of rotatable bonds is 4. The lowest BCUT2D eigenvalue weighted by Gasteiger charge is -2.46. The van der Waals surface area contributed by atoms with Gasteiger partial charge in [0.1, 0.15) is 11.2 Å². The summed E-state index contributed by atoms with van der Waals surface area (Å²) < 4.78 is 9.51. The predicted molar refractivity (Wildman–Crippen MR) is 273 cm³/mol. The van der Waals surface area contributed by atoms with Gasteiger partial charge in [0.05, 0.1) is 0 Å². The molecule has 0 spiro atoms. The van der Waals surface area contributed by atoms with Crippen LogP contribution in [0, 0.1) is 6.92 Å². The van der Waals surface area contributed by atoms with Gasteiger partial charge in [-0.05, 0) is 99.1 Å². The molecule has 0 N–H and O–H groups in total. The molecule has 4 heterocycles. The van der Waals surface area contributed by atoms with Crippen molar-refractivity contribution in [2.75, 3.05) is 9.71 Å². The Morgan fingerprint density at radius 3 is 1.94 bits per heavy atom. The third-order valence-corrected chi connectivity index (χ3v) is 14.9. The first kappa shape index (κ1) is 35.7. The number of hydrogen-bond acceptors (Lipinski definition) is 4. The lowest BCUT2D eigenvalue weighted by atomic mass is 9.43. The van der Waals surface area contributed by atoms with Gasteiger partial charge in [-0.2, -0.15) is 0 Å². The number of thiophene rings is 1. The SMILES string of the molecule is Cc1cc(-c2ccccc2)ccc1N1c2cc3sc4ccccc4c3cc2B2c3c1cc1oc4ccccc4c1c3-c1ccc3ccccc3c1N2c1ccc(-c2ccccc2)cc1. The second-order valence-corrected chi connectivity index (χ2v) is 18.3. The summed E-state index contributed by atoms with van der Waals surface area (Å²) in [5, 5.41) is 7.32. The summed E-state index contributed by atoms with van der Waals surface area (Å²) >= 11 is 1.88. The molecule has 0 saturated heterocycles. The number of benzene rings is 10. The summed E-state index contributed by atoms with van der Waals surface area (Å²) in [6, 6.07) is 76.0. The van der Waals surface area contributed by atoms with Gasteiger partial charge in [0, 0.05) is 76.4 Å². The van der Waals surface area contributed by atoms with Crippen molar-refractivity contribution < 1.29 is 4.42 Å². The van der Waals surface area contributed by atoms with Crippen LogP contribution in [0.1, 0.15) is 5.56 Å². The molecule has 14 rings (SSSR count). The molecule has 3 nitrogen and oxygen atoms in total. The fourth-order valence-electron chi connectivity index (χ4n) is 10.9. The van der Waals surface area contributed by atoms with Crippen LogP contribution in [0.3, 0.4) is 0 Å². The van der Waals surface area contributed by atoms with Crippen molar-refractivity contribution in [1.29, 1.82) is 0 Å². The van der Waals surface area contributed by atoms with E-state index in [1.165, 1.54) is 92.2 Å². The summed E-state index contributed by atoms with van der Waals surface area (Å²) in [7, 11) is 0. The minimum atomic E-state index is -0.179. The Kier molecular flexibility index (Phi) is 7.57. The molecule has 0 fully saturated rings. The summed E-state index contributed by atoms with van der Waals surface area (Å²) in [6.07, 6.45) is 0. The average molecular weight is 833 g/mol. The molecule has 2 aliphatic rings. The van der Waals surface area contributed by atoms with Crippen molar-refractivity contribution >= 4 is 110 Å². The normalized spacial score (nSPS) is 13.0. The maximum atomic E-state index is 6.94. The van der Waals surface area contributed by atoms with E-state index in [9.17, 15) is 0 Å². The van der Waals surface area contributed by atoms with Crippen LogP contribution in [0.4, 0.5) is 28.4 Å². The summed E-state index contributed by atoms with van der Waals surface area (Å²) in [6.45, 7) is 2.09. The van der Waals surface area contributed by atoms with E-state index in [0.717, 1.165) is 39.0 Å². The first-order valence-electron chi connectivity index (χ1n) is 22.0. The first-order chi connectivity index (χ1) is 31.7. The number of anilines is 5. The zero-order valence-corrected chi connectivity index (χ0v) is 35.7. The fraction of sp³-hybridized carbons (Fsp3) is 0.0169. The molecule has 10 aromatic carbocycles. The summed E-state index contributed by atoms with van der Waals surface area (Å²) in [4.78, 5) is 5.21. The highest BCUT2D eigenvalue weighted by Crippen LogP contribution is 2.53. The van der Waals surface area contributed by atoms with Gasteiger partial charge in [-0.1, -0.05) is 158 Å². The fourth-order valence-corrected chi connectivity index (χ4v) is 12.0. The van der Waals surface area contributed by atoms with Crippen LogP contribution in [0.15, 0.2) is 211 Å². The molecule has 5 heteroatoms. The van der Waals surface area contributed by atoms with Crippen molar-refractivity contribution in [3.05, 3.63) is 212 Å². The quantitative estimate of drug-likeness (QED) is 0.165. The third-order valence-electron chi connectivity index (χ3n) is 13.7. The Hall–Kier alpha value is -7.86. The van der Waals surface area contributed by atoms with Gasteiger partial charge in [0.15, 0.2) is 0 Å². The van der Waals surface area contributed by atoms with Crippen LogP contribution in [0.5, 0.6) is 0 Å². The minimum absolute atomic E-state index is 0.179. The maximum absolute atomic E-state index is 6.94. The molecule has 0 radical (unpaired) electrons. The van der Waals surface area contributed by atoms with E-state index in [1.807, 2.05) is 11.3 Å². The number of hydrogen-bond donors (Lipinski definition) is 0. The Morgan fingerprint density at radius 2 is 1.14 bits per heavy atom. The highest BCUT2D eigenvalue weighted by Gasteiger charge is 2.47. The van der Waals surface area contributed by atoms with Crippen molar-refractivity contribution in [2.24, 2.45) is 0 Å². The first-order valence-corrected chi connectivity index (χ1v) is 22.8. The van der Waals surface area contributed by atoms with Crippen molar-refractivity contribution in [2.45, 2.75) is 6.92 Å². The lowest BCUT2D eigenvalue weighted by molar-refractivity contribution is 0.669. The van der Waals surface area contributed by atoms with Gasteiger partial charge in [-0.15, -0.1) is 11.3 Å². The largest absolute Gasteiger partial charge is 0.456 e. The minimum Gasteiger partial charge on any atom is -0.456 e. The van der Waals surface area contributed by atoms with E-state index in [0.29, 0.717) is 0 Å². The Morgan fingerprint density at radius 1 is 0.469 bits per heavy atom. The van der Waals surface area contributed by atoms with Gasteiger partial charge >= 0.3 is 6.85 Å². The van der Waals surface area contributed by atoms with Crippen LogP contribution in [0.25, 0.3) is 86.3 Å². The highest BCUT2D eigenvalue weighted by molar-refractivity contribution is 7.26. The van der Waals surface area contributed by atoms with Crippen LogP contribution in [-0.2, 0) is 0 Å². The van der Waals surface area contributed by atoms with E-state index >= 15 is 0 Å². The average Bonchev–Trinajstić information content (AvgIpc) is 3.92. The smallest absolute Gasteiger partial charge is 0.333 e. The molecular weight excluding hydrogens is 796 g/mol. The molecule has 298 valence electrons. The van der Waals surface area contributed by atoms with Gasteiger partial charge in [-0.3, -0.25) is 0 Å². The van der Waals surface area contributed by atoms with Crippen LogP contribution in [-0.4, -0.2) is 6.85 Å². The Bertz CT molecular complexity index is 3870. The van der Waals surface area contributed by atoms with E-state index in [4.69, 9.17) is 4.42 Å². The Balaban J connectivity index is 1.14. The topological polar surface area (TPSA) is 19.6 Å². The third kappa shape index (κ3) is 5.10. The highest BCUT2D eigenvalue weighted by atomic mass is 32.1. The number of fused-ring (bicyclic) bond motifs is 13. The van der Waals surface area contributed by atoms with E-state index in [1.54, 1.807) is 0 Å². The van der Waals surface area contributed by atoms with Crippen molar-refractivity contribution in [1.82, 2.24) is 0 Å². The standard InChI is InChI=1S/C59H37BN2OS/c1-36-32-41(38-16-6-3-7-17-38)27-31-49(36)61-50-35-55-47(44-20-11-13-23-54(44)64-55)33-48(50)60-58-51(61)34-53-56(45-21-10-12-22-52(45)63-53)57(58)46-30-26-40-18-8-9-19-43(40)59(46)62(60)42-28-24-39(25-29-42)37-14-4-2-5-15-37/h2-35H,1H3. The monoisotopic (exact) mass is 832 g/mol. The van der Waals surface area contributed by atoms with Crippen molar-refractivity contribution in [3.63, 3.8) is 0 Å². The molecule has 2 aromatic heterocycles. The van der Waals surface area contributed by atoms with Crippen LogP contribution < -0.4 is 20.6 Å². The summed E-state index contributed by atoms with van der Waals surface area (Å²) in [5.74, 6) is 0. The molecule has 0 aliphatic carbocycles. The molecule has 2 aliphatic heterocycles. The molecular formula is C59H37BN2OS. The summed E-state index contributed by atoms with van der Waals surface area (Å²) in [5.41, 5.74) is 18.7. The van der Waals surface area contributed by atoms with Gasteiger partial charge in [0.2, 0.25) is 0 Å². The molecule has 0 saturated carbocycles. The van der Waals surface area contributed by atoms with Crippen LogP contribution in [0.2, 0.25) is 0 Å². The number of para-hydroxylation sites is 1. The van der Waals surface area contributed by atoms with Gasteiger partial charge in [0.25, 0.3) is 0 Å². The second kappa shape index (κ2) is 13.6. The molecule has 0 unspecified atom stereocenters. The van der Waals surface area contributed by atoms with Crippen LogP contribution >= 0.6 is 11.3 Å². The van der Waals surface area contributed by atoms with Crippen molar-refractivity contribution in [3.8, 4) is 33.4 Å². The number of nitrogens with zero attached hydrogens (tertiary/aromatic N) is 2. The molecule has 64 heavy (non-hydrogen) atoms. The molecule has 0 bridgehead atoms. The number of aryl methyl sites for hydroxylation is 1. The van der Waals surface area contributed by atoms with E-state index < -0.39 is 0 Å². The maximum Gasteiger partial charge on any atom is 0.333 e. The van der Waals surface area contributed by atoms with Gasteiger partial charge < -0.3 is 14.1 Å².